The Morgan fingerprint density at radius 3 is 1.61 bits per heavy atom. The molecule has 1 aromatic carbocycles. The van der Waals surface area contributed by atoms with Gasteiger partial charge in [0.1, 0.15) is 0 Å². The second-order valence-corrected chi connectivity index (χ2v) is 3.85. The van der Waals surface area contributed by atoms with Crippen molar-refractivity contribution in [3.63, 3.8) is 0 Å². The molecule has 1 atom stereocenters. The van der Waals surface area contributed by atoms with Gasteiger partial charge in [-0.3, -0.25) is 0 Å². The largest absolute Gasteiger partial charge is 0.416 e. The maximum Gasteiger partial charge on any atom is 0.416 e. The van der Waals surface area contributed by atoms with Crippen molar-refractivity contribution in [3.05, 3.63) is 34.9 Å². The third-order valence-electron chi connectivity index (χ3n) is 2.48. The summed E-state index contributed by atoms with van der Waals surface area (Å²) in [5.74, 6) is 0. The van der Waals surface area contributed by atoms with E-state index >= 15 is 0 Å². The summed E-state index contributed by atoms with van der Waals surface area (Å²) in [6.45, 7) is 1.58. The molecule has 2 N–H and O–H groups in total. The molecule has 0 bridgehead atoms. The zero-order valence-corrected chi connectivity index (χ0v) is 9.36. The molecule has 1 aromatic rings. The summed E-state index contributed by atoms with van der Waals surface area (Å²) in [7, 11) is 0. The highest BCUT2D eigenvalue weighted by atomic mass is 19.4. The van der Waals surface area contributed by atoms with E-state index in [2.05, 4.69) is 0 Å². The highest BCUT2D eigenvalue weighted by Gasteiger charge is 2.37. The van der Waals surface area contributed by atoms with Crippen LogP contribution in [0.25, 0.3) is 0 Å². The van der Waals surface area contributed by atoms with Crippen LogP contribution in [0.4, 0.5) is 26.3 Å². The SMILES string of the molecule is CCC(N)c1cc(C(F)(F)F)cc(C(F)(F)F)c1. The molecule has 0 spiro atoms. The van der Waals surface area contributed by atoms with Crippen LogP contribution in [0.15, 0.2) is 18.2 Å². The number of nitrogens with two attached hydrogens (primary N) is 1. The number of alkyl halides is 6. The lowest BCUT2D eigenvalue weighted by molar-refractivity contribution is -0.143. The van der Waals surface area contributed by atoms with Crippen LogP contribution < -0.4 is 5.73 Å². The van der Waals surface area contributed by atoms with Crippen molar-refractivity contribution < 1.29 is 26.3 Å². The molecule has 0 fully saturated rings. The summed E-state index contributed by atoms with van der Waals surface area (Å²) in [5, 5.41) is 0. The van der Waals surface area contributed by atoms with Crippen molar-refractivity contribution in [1.82, 2.24) is 0 Å². The molecular weight excluding hydrogens is 260 g/mol. The van der Waals surface area contributed by atoms with Gasteiger partial charge in [-0.2, -0.15) is 26.3 Å². The van der Waals surface area contributed by atoms with Crippen molar-refractivity contribution in [1.29, 1.82) is 0 Å². The molecule has 0 amide bonds. The number of hydrogen-bond acceptors (Lipinski definition) is 1. The van der Waals surface area contributed by atoms with Crippen LogP contribution in [0.5, 0.6) is 0 Å². The summed E-state index contributed by atoms with van der Waals surface area (Å²) >= 11 is 0. The smallest absolute Gasteiger partial charge is 0.324 e. The van der Waals surface area contributed by atoms with Gasteiger partial charge in [-0.05, 0) is 30.2 Å². The third-order valence-corrected chi connectivity index (χ3v) is 2.48. The van der Waals surface area contributed by atoms with E-state index in [4.69, 9.17) is 5.73 Å². The Morgan fingerprint density at radius 1 is 0.944 bits per heavy atom. The van der Waals surface area contributed by atoms with Gasteiger partial charge in [0.05, 0.1) is 11.1 Å². The highest BCUT2D eigenvalue weighted by molar-refractivity contribution is 5.35. The minimum Gasteiger partial charge on any atom is -0.324 e. The Morgan fingerprint density at radius 2 is 1.33 bits per heavy atom. The Labute approximate surface area is 99.6 Å². The molecule has 1 nitrogen and oxygen atoms in total. The van der Waals surface area contributed by atoms with Gasteiger partial charge in [0.25, 0.3) is 0 Å². The fourth-order valence-corrected chi connectivity index (χ4v) is 1.43. The fraction of sp³-hybridized carbons (Fsp3) is 0.455. The Bertz CT molecular complexity index is 388. The van der Waals surface area contributed by atoms with Crippen LogP contribution in [-0.4, -0.2) is 0 Å². The molecule has 1 unspecified atom stereocenters. The summed E-state index contributed by atoms with van der Waals surface area (Å²) in [5.41, 5.74) is 2.64. The normalized spacial score (nSPS) is 14.7. The van der Waals surface area contributed by atoms with E-state index in [0.29, 0.717) is 12.1 Å². The molecular formula is C11H11F6N. The number of halogens is 6. The Balaban J connectivity index is 3.39. The quantitative estimate of drug-likeness (QED) is 0.804. The van der Waals surface area contributed by atoms with Crippen LogP contribution in [0.3, 0.4) is 0 Å². The highest BCUT2D eigenvalue weighted by Crippen LogP contribution is 2.37. The van der Waals surface area contributed by atoms with Crippen LogP contribution in [0, 0.1) is 0 Å². The zero-order chi connectivity index (χ0) is 14.1. The zero-order valence-electron chi connectivity index (χ0n) is 9.36. The van der Waals surface area contributed by atoms with Crippen molar-refractivity contribution in [2.75, 3.05) is 0 Å². The predicted molar refractivity (Wildman–Crippen MR) is 53.7 cm³/mol. The van der Waals surface area contributed by atoms with Crippen LogP contribution in [-0.2, 0) is 12.4 Å². The second kappa shape index (κ2) is 4.79. The first-order valence-corrected chi connectivity index (χ1v) is 5.10. The van der Waals surface area contributed by atoms with E-state index in [0.717, 1.165) is 0 Å². The monoisotopic (exact) mass is 271 g/mol. The van der Waals surface area contributed by atoms with Crippen LogP contribution >= 0.6 is 0 Å². The molecule has 18 heavy (non-hydrogen) atoms. The maximum absolute atomic E-state index is 12.5. The standard InChI is InChI=1S/C11H11F6N/c1-2-9(18)6-3-7(10(12,13)14)5-8(4-6)11(15,16)17/h3-5,9H,2,18H2,1H3. The maximum atomic E-state index is 12.5. The van der Waals surface area contributed by atoms with Gasteiger partial charge in [0.2, 0.25) is 0 Å². The van der Waals surface area contributed by atoms with Gasteiger partial charge in [0, 0.05) is 6.04 Å². The molecule has 0 saturated carbocycles. The van der Waals surface area contributed by atoms with Crippen molar-refractivity contribution in [2.24, 2.45) is 5.73 Å². The van der Waals surface area contributed by atoms with Gasteiger partial charge in [-0.15, -0.1) is 0 Å². The number of rotatable bonds is 2. The lowest BCUT2D eigenvalue weighted by atomic mass is 9.99. The van der Waals surface area contributed by atoms with Gasteiger partial charge < -0.3 is 5.73 Å². The second-order valence-electron chi connectivity index (χ2n) is 3.85. The summed E-state index contributed by atoms with van der Waals surface area (Å²) in [6, 6.07) is 0.548. The topological polar surface area (TPSA) is 26.0 Å². The molecule has 102 valence electrons. The molecule has 0 radical (unpaired) electrons. The van der Waals surface area contributed by atoms with Crippen molar-refractivity contribution in [3.8, 4) is 0 Å². The third kappa shape index (κ3) is 3.38. The molecule has 0 aromatic heterocycles. The molecule has 0 aliphatic rings. The first-order valence-electron chi connectivity index (χ1n) is 5.10. The van der Waals surface area contributed by atoms with Crippen LogP contribution in [0.1, 0.15) is 36.1 Å². The summed E-state index contributed by atoms with van der Waals surface area (Å²) in [6.07, 6.45) is -9.41. The lowest BCUT2D eigenvalue weighted by Gasteiger charge is -2.16. The van der Waals surface area contributed by atoms with Gasteiger partial charge >= 0.3 is 12.4 Å². The first kappa shape index (κ1) is 14.8. The van der Waals surface area contributed by atoms with Gasteiger partial charge in [-0.1, -0.05) is 6.92 Å². The molecule has 0 saturated heterocycles. The molecule has 7 heteroatoms. The molecule has 0 aliphatic carbocycles. The Kier molecular flexibility index (Phi) is 3.95. The summed E-state index contributed by atoms with van der Waals surface area (Å²) < 4.78 is 75.0. The van der Waals surface area contributed by atoms with Crippen molar-refractivity contribution in [2.45, 2.75) is 31.7 Å². The summed E-state index contributed by atoms with van der Waals surface area (Å²) in [4.78, 5) is 0. The van der Waals surface area contributed by atoms with E-state index in [1.165, 1.54) is 0 Å². The van der Waals surface area contributed by atoms with E-state index in [1.54, 1.807) is 6.92 Å². The predicted octanol–water partition coefficient (Wildman–Crippen LogP) is 4.13. The molecule has 0 heterocycles. The van der Waals surface area contributed by atoms with E-state index in [1.807, 2.05) is 0 Å². The minimum atomic E-state index is -4.83. The van der Waals surface area contributed by atoms with Gasteiger partial charge in [-0.25, -0.2) is 0 Å². The molecule has 0 aliphatic heterocycles. The minimum absolute atomic E-state index is 0.0892. The lowest BCUT2D eigenvalue weighted by Crippen LogP contribution is -2.15. The van der Waals surface area contributed by atoms with Crippen LogP contribution in [0.2, 0.25) is 0 Å². The average molecular weight is 271 g/mol. The fourth-order valence-electron chi connectivity index (χ4n) is 1.43. The number of hydrogen-bond donors (Lipinski definition) is 1. The number of benzene rings is 1. The van der Waals surface area contributed by atoms with E-state index in [-0.39, 0.29) is 18.1 Å². The van der Waals surface area contributed by atoms with Crippen molar-refractivity contribution >= 4 is 0 Å². The Hall–Kier alpha value is -1.24. The first-order chi connectivity index (χ1) is 8.05. The average Bonchev–Trinajstić information content (AvgIpc) is 2.25. The van der Waals surface area contributed by atoms with E-state index in [9.17, 15) is 26.3 Å². The van der Waals surface area contributed by atoms with E-state index < -0.39 is 29.5 Å². The molecule has 1 rings (SSSR count). The van der Waals surface area contributed by atoms with Gasteiger partial charge in [0.15, 0.2) is 0 Å².